The van der Waals surface area contributed by atoms with E-state index in [1.165, 1.54) is 12.8 Å². The molecule has 1 aromatic heterocycles. The fraction of sp³-hybridized carbons (Fsp3) is 0.500. The van der Waals surface area contributed by atoms with Crippen molar-refractivity contribution < 1.29 is 5.11 Å². The second-order valence-corrected chi connectivity index (χ2v) is 5.17. The van der Waals surface area contributed by atoms with E-state index in [4.69, 9.17) is 16.7 Å². The van der Waals surface area contributed by atoms with Gasteiger partial charge in [0.2, 0.25) is 0 Å². The summed E-state index contributed by atoms with van der Waals surface area (Å²) < 4.78 is 0. The molecule has 0 aromatic carbocycles. The lowest BCUT2D eigenvalue weighted by Crippen LogP contribution is -2.28. The Balaban J connectivity index is 2.04. The molecule has 1 fully saturated rings. The normalized spacial score (nSPS) is 14.4. The number of anilines is 1. The lowest BCUT2D eigenvalue weighted by Gasteiger charge is -2.22. The second kappa shape index (κ2) is 6.89. The molecule has 0 unspecified atom stereocenters. The van der Waals surface area contributed by atoms with Crippen molar-refractivity contribution in [2.24, 2.45) is 0 Å². The molecule has 0 spiro atoms. The molecule has 19 heavy (non-hydrogen) atoms. The predicted molar refractivity (Wildman–Crippen MR) is 78.6 cm³/mol. The van der Waals surface area contributed by atoms with Gasteiger partial charge in [-0.15, -0.1) is 6.58 Å². The van der Waals surface area contributed by atoms with Crippen LogP contribution in [0, 0.1) is 0 Å². The Labute approximate surface area is 119 Å². The molecule has 0 saturated heterocycles. The minimum Gasteiger partial charge on any atom is -0.395 e. The van der Waals surface area contributed by atoms with E-state index in [2.05, 4.69) is 16.9 Å². The van der Waals surface area contributed by atoms with Crippen LogP contribution in [0.3, 0.4) is 0 Å². The number of pyridine rings is 1. The van der Waals surface area contributed by atoms with Crippen LogP contribution in [0.1, 0.15) is 18.4 Å². The first-order valence-corrected chi connectivity index (χ1v) is 6.97. The molecule has 1 aliphatic rings. The average Bonchev–Trinajstić information content (AvgIpc) is 3.20. The highest BCUT2D eigenvalue weighted by Crippen LogP contribution is 2.25. The number of halogens is 1. The zero-order chi connectivity index (χ0) is 13.7. The summed E-state index contributed by atoms with van der Waals surface area (Å²) in [5.41, 5.74) is 1.09. The highest BCUT2D eigenvalue weighted by molar-refractivity contribution is 6.33. The molecule has 2 rings (SSSR count). The number of nitrogens with zero attached hydrogens (tertiary/aromatic N) is 2. The van der Waals surface area contributed by atoms with Gasteiger partial charge in [0.15, 0.2) is 0 Å². The maximum Gasteiger partial charge on any atom is 0.147 e. The SMILES string of the molecule is C=CCN(CCO)c1ncc(CNC2CC2)cc1Cl. The molecule has 1 heterocycles. The van der Waals surface area contributed by atoms with Crippen LogP contribution in [0.25, 0.3) is 0 Å². The van der Waals surface area contributed by atoms with Crippen molar-refractivity contribution in [1.29, 1.82) is 0 Å². The first-order valence-electron chi connectivity index (χ1n) is 6.59. The third-order valence-electron chi connectivity index (χ3n) is 3.07. The van der Waals surface area contributed by atoms with E-state index >= 15 is 0 Å². The number of nitrogens with one attached hydrogen (secondary N) is 1. The van der Waals surface area contributed by atoms with Crippen LogP contribution >= 0.6 is 11.6 Å². The molecule has 5 heteroatoms. The fourth-order valence-electron chi connectivity index (χ4n) is 1.91. The maximum atomic E-state index is 9.07. The van der Waals surface area contributed by atoms with E-state index in [0.717, 1.165) is 12.1 Å². The van der Waals surface area contributed by atoms with Gasteiger partial charge >= 0.3 is 0 Å². The van der Waals surface area contributed by atoms with Gasteiger partial charge in [-0.2, -0.15) is 0 Å². The zero-order valence-corrected chi connectivity index (χ0v) is 11.7. The van der Waals surface area contributed by atoms with E-state index in [9.17, 15) is 0 Å². The van der Waals surface area contributed by atoms with Crippen LogP contribution in [0.2, 0.25) is 5.02 Å². The monoisotopic (exact) mass is 281 g/mol. The Morgan fingerprint density at radius 2 is 2.37 bits per heavy atom. The fourth-order valence-corrected chi connectivity index (χ4v) is 2.22. The summed E-state index contributed by atoms with van der Waals surface area (Å²) in [6.45, 7) is 5.69. The Morgan fingerprint density at radius 1 is 1.58 bits per heavy atom. The molecular weight excluding hydrogens is 262 g/mol. The number of hydrogen-bond acceptors (Lipinski definition) is 4. The van der Waals surface area contributed by atoms with E-state index in [-0.39, 0.29) is 6.61 Å². The smallest absolute Gasteiger partial charge is 0.147 e. The molecule has 0 amide bonds. The summed E-state index contributed by atoms with van der Waals surface area (Å²) >= 11 is 6.28. The molecule has 0 bridgehead atoms. The Bertz CT molecular complexity index is 435. The number of aromatic nitrogens is 1. The van der Waals surface area contributed by atoms with Gasteiger partial charge < -0.3 is 15.3 Å². The van der Waals surface area contributed by atoms with Gasteiger partial charge in [-0.1, -0.05) is 17.7 Å². The Hall–Kier alpha value is -1.10. The van der Waals surface area contributed by atoms with Crippen LogP contribution in [0.5, 0.6) is 0 Å². The third-order valence-corrected chi connectivity index (χ3v) is 3.35. The summed E-state index contributed by atoms with van der Waals surface area (Å²) in [6.07, 6.45) is 6.14. The third kappa shape index (κ3) is 4.20. The van der Waals surface area contributed by atoms with Gasteiger partial charge in [0.05, 0.1) is 11.6 Å². The second-order valence-electron chi connectivity index (χ2n) is 4.76. The summed E-state index contributed by atoms with van der Waals surface area (Å²) in [5.74, 6) is 0.700. The van der Waals surface area contributed by atoms with Crippen LogP contribution in [-0.2, 0) is 6.54 Å². The number of aliphatic hydroxyl groups is 1. The average molecular weight is 282 g/mol. The minimum absolute atomic E-state index is 0.0663. The zero-order valence-electron chi connectivity index (χ0n) is 11.0. The molecule has 0 aliphatic heterocycles. The van der Waals surface area contributed by atoms with Gasteiger partial charge in [-0.25, -0.2) is 4.98 Å². The van der Waals surface area contributed by atoms with Gasteiger partial charge in [0, 0.05) is 31.9 Å². The van der Waals surface area contributed by atoms with Crippen molar-refractivity contribution in [1.82, 2.24) is 10.3 Å². The van der Waals surface area contributed by atoms with Crippen molar-refractivity contribution in [3.05, 3.63) is 35.5 Å². The van der Waals surface area contributed by atoms with E-state index in [1.807, 2.05) is 17.2 Å². The number of aliphatic hydroxyl groups excluding tert-OH is 1. The molecule has 1 aliphatic carbocycles. The molecule has 1 saturated carbocycles. The molecule has 4 nitrogen and oxygen atoms in total. The Kier molecular flexibility index (Phi) is 5.19. The van der Waals surface area contributed by atoms with Crippen molar-refractivity contribution in [2.45, 2.75) is 25.4 Å². The standard InChI is InChI=1S/C14H20ClN3O/c1-2-5-18(6-7-19)14-13(15)8-11(10-17-14)9-16-12-3-4-12/h2,8,10,12,16,19H,1,3-7,9H2. The van der Waals surface area contributed by atoms with E-state index in [0.29, 0.717) is 30.0 Å². The van der Waals surface area contributed by atoms with E-state index < -0.39 is 0 Å². The van der Waals surface area contributed by atoms with Crippen LogP contribution in [0.4, 0.5) is 5.82 Å². The van der Waals surface area contributed by atoms with Crippen molar-refractivity contribution >= 4 is 17.4 Å². The minimum atomic E-state index is 0.0663. The lowest BCUT2D eigenvalue weighted by molar-refractivity contribution is 0.302. The van der Waals surface area contributed by atoms with Crippen LogP contribution in [-0.4, -0.2) is 35.8 Å². The van der Waals surface area contributed by atoms with Gasteiger partial charge in [0.25, 0.3) is 0 Å². The van der Waals surface area contributed by atoms with Crippen molar-refractivity contribution in [3.8, 4) is 0 Å². The molecule has 2 N–H and O–H groups in total. The summed E-state index contributed by atoms with van der Waals surface area (Å²) in [7, 11) is 0. The largest absolute Gasteiger partial charge is 0.395 e. The van der Waals surface area contributed by atoms with Crippen LogP contribution < -0.4 is 10.2 Å². The summed E-state index contributed by atoms with van der Waals surface area (Å²) in [6, 6.07) is 2.61. The first-order chi connectivity index (χ1) is 9.24. The molecule has 104 valence electrons. The molecule has 0 radical (unpaired) electrons. The lowest BCUT2D eigenvalue weighted by atomic mass is 10.2. The predicted octanol–water partition coefficient (Wildman–Crippen LogP) is 1.97. The quantitative estimate of drug-likeness (QED) is 0.716. The van der Waals surface area contributed by atoms with Crippen molar-refractivity contribution in [2.75, 3.05) is 24.6 Å². The highest BCUT2D eigenvalue weighted by Gasteiger charge is 2.20. The Morgan fingerprint density at radius 3 is 2.95 bits per heavy atom. The summed E-state index contributed by atoms with van der Waals surface area (Å²) in [4.78, 5) is 6.32. The van der Waals surface area contributed by atoms with E-state index in [1.54, 1.807) is 6.08 Å². The maximum absolute atomic E-state index is 9.07. The number of rotatable bonds is 8. The topological polar surface area (TPSA) is 48.4 Å². The van der Waals surface area contributed by atoms with Gasteiger partial charge in [0.1, 0.15) is 5.82 Å². The van der Waals surface area contributed by atoms with Gasteiger partial charge in [-0.3, -0.25) is 0 Å². The van der Waals surface area contributed by atoms with Crippen LogP contribution in [0.15, 0.2) is 24.9 Å². The molecular formula is C14H20ClN3O. The first kappa shape index (κ1) is 14.3. The number of hydrogen-bond donors (Lipinski definition) is 2. The molecule has 1 aromatic rings. The summed E-state index contributed by atoms with van der Waals surface area (Å²) in [5, 5.41) is 13.1. The van der Waals surface area contributed by atoms with Gasteiger partial charge in [-0.05, 0) is 24.5 Å². The van der Waals surface area contributed by atoms with Crippen molar-refractivity contribution in [3.63, 3.8) is 0 Å². The molecule has 0 atom stereocenters. The highest BCUT2D eigenvalue weighted by atomic mass is 35.5.